The van der Waals surface area contributed by atoms with Gasteiger partial charge in [0.2, 0.25) is 11.8 Å². The summed E-state index contributed by atoms with van der Waals surface area (Å²) < 4.78 is 0. The zero-order valence-electron chi connectivity index (χ0n) is 22.3. The first-order valence-corrected chi connectivity index (χ1v) is 14.9. The minimum Gasteiger partial charge on any atom is -0.396 e. The van der Waals surface area contributed by atoms with Crippen molar-refractivity contribution >= 4 is 28.3 Å². The molecule has 1 aromatic heterocycles. The van der Waals surface area contributed by atoms with Crippen LogP contribution in [0.25, 0.3) is 0 Å². The van der Waals surface area contributed by atoms with Gasteiger partial charge in [0, 0.05) is 35.1 Å². The van der Waals surface area contributed by atoms with Crippen molar-refractivity contribution in [3.05, 3.63) is 10.6 Å². The van der Waals surface area contributed by atoms with Crippen molar-refractivity contribution in [1.82, 2.24) is 10.3 Å². The molecule has 0 saturated heterocycles. The lowest BCUT2D eigenvalue weighted by molar-refractivity contribution is -0.144. The van der Waals surface area contributed by atoms with E-state index in [9.17, 15) is 19.8 Å². The predicted octanol–water partition coefficient (Wildman–Crippen LogP) is 4.92. The molecule has 0 bridgehead atoms. The second kappa shape index (κ2) is 11.5. The van der Waals surface area contributed by atoms with Crippen LogP contribution in [0.2, 0.25) is 0 Å². The van der Waals surface area contributed by atoms with Gasteiger partial charge in [-0.1, -0.05) is 52.9 Å². The summed E-state index contributed by atoms with van der Waals surface area (Å²) in [5.41, 5.74) is 0.0125. The lowest BCUT2D eigenvalue weighted by atomic mass is 9.47. The molecule has 2 saturated carbocycles. The van der Waals surface area contributed by atoms with E-state index in [4.69, 9.17) is 4.98 Å². The predicted molar refractivity (Wildman–Crippen MR) is 143 cm³/mol. The molecule has 0 radical (unpaired) electrons. The molecule has 1 aromatic rings. The number of aliphatic hydroxyl groups excluding tert-OH is 2. The van der Waals surface area contributed by atoms with E-state index in [2.05, 4.69) is 24.5 Å². The fraction of sp³-hybridized carbons (Fsp3) is 0.821. The molecule has 0 aliphatic heterocycles. The number of hydrogen-bond acceptors (Lipinski definition) is 6. The van der Waals surface area contributed by atoms with E-state index in [0.717, 1.165) is 49.1 Å². The molecule has 0 spiro atoms. The molecule has 8 heteroatoms. The summed E-state index contributed by atoms with van der Waals surface area (Å²) >= 11 is 1.50. The van der Waals surface area contributed by atoms with Gasteiger partial charge in [-0.2, -0.15) is 0 Å². The van der Waals surface area contributed by atoms with Gasteiger partial charge in [0.15, 0.2) is 5.13 Å². The van der Waals surface area contributed by atoms with E-state index in [-0.39, 0.29) is 41.7 Å². The smallest absolute Gasteiger partial charge is 0.226 e. The molecule has 7 nitrogen and oxygen atoms in total. The molecule has 3 aliphatic rings. The maximum absolute atomic E-state index is 13.3. The van der Waals surface area contributed by atoms with Crippen LogP contribution in [0, 0.1) is 16.7 Å². The monoisotopic (exact) mass is 519 g/mol. The Morgan fingerprint density at radius 1 is 1.11 bits per heavy atom. The van der Waals surface area contributed by atoms with Crippen LogP contribution in [0.5, 0.6) is 0 Å². The highest BCUT2D eigenvalue weighted by Crippen LogP contribution is 2.62. The highest BCUT2D eigenvalue weighted by atomic mass is 32.1. The van der Waals surface area contributed by atoms with Gasteiger partial charge in [-0.15, -0.1) is 11.3 Å². The number of aromatic nitrogens is 1. The van der Waals surface area contributed by atoms with Crippen molar-refractivity contribution in [1.29, 1.82) is 0 Å². The lowest BCUT2D eigenvalue weighted by Crippen LogP contribution is -2.57. The molecule has 36 heavy (non-hydrogen) atoms. The van der Waals surface area contributed by atoms with Crippen LogP contribution < -0.4 is 10.6 Å². The minimum absolute atomic E-state index is 0.0135. The summed E-state index contributed by atoms with van der Waals surface area (Å²) in [6.07, 6.45) is 11.0. The third-order valence-electron chi connectivity index (χ3n) is 9.51. The fourth-order valence-corrected chi connectivity index (χ4v) is 8.22. The van der Waals surface area contributed by atoms with Gasteiger partial charge >= 0.3 is 0 Å². The number of carbonyl (C=O) groups is 2. The number of hydrogen-bond donors (Lipinski definition) is 4. The summed E-state index contributed by atoms with van der Waals surface area (Å²) in [6, 6.07) is 0.252. The van der Waals surface area contributed by atoms with E-state index in [1.165, 1.54) is 30.6 Å². The molecular weight excluding hydrogens is 474 g/mol. The first-order chi connectivity index (χ1) is 17.2. The highest BCUT2D eigenvalue weighted by Gasteiger charge is 2.59. The zero-order valence-corrected chi connectivity index (χ0v) is 23.1. The largest absolute Gasteiger partial charge is 0.396 e. The Balaban J connectivity index is 1.61. The number of thiazole rings is 1. The van der Waals surface area contributed by atoms with Gasteiger partial charge in [-0.3, -0.25) is 9.59 Å². The first kappa shape index (κ1) is 27.5. The third-order valence-corrected chi connectivity index (χ3v) is 10.5. The van der Waals surface area contributed by atoms with Crippen molar-refractivity contribution in [3.8, 4) is 0 Å². The van der Waals surface area contributed by atoms with Crippen molar-refractivity contribution in [2.24, 2.45) is 16.7 Å². The van der Waals surface area contributed by atoms with E-state index >= 15 is 0 Å². The molecule has 4 N–H and O–H groups in total. The van der Waals surface area contributed by atoms with Crippen molar-refractivity contribution < 1.29 is 19.8 Å². The fourth-order valence-electron chi connectivity index (χ4n) is 7.14. The number of nitrogens with one attached hydrogen (secondary N) is 2. The summed E-state index contributed by atoms with van der Waals surface area (Å²) in [5, 5.41) is 28.3. The number of aliphatic hydroxyl groups is 2. The number of carbonyl (C=O) groups excluding carboxylic acids is 2. The Hall–Kier alpha value is -1.51. The number of nitrogens with zero attached hydrogens (tertiary/aromatic N) is 1. The van der Waals surface area contributed by atoms with Gasteiger partial charge in [-0.05, 0) is 49.9 Å². The SMILES string of the molecule is CCCCCC(=O)Nc1nc2c(s1)CC1C(C)(CO)C(O)CCC1(C)C2CC(=O)NC1CCCCC1. The van der Waals surface area contributed by atoms with E-state index in [0.29, 0.717) is 30.8 Å². The minimum atomic E-state index is -0.643. The molecule has 2 amide bonds. The Bertz CT molecular complexity index is 930. The molecule has 1 heterocycles. The number of fused-ring (bicyclic) bond motifs is 2. The van der Waals surface area contributed by atoms with Gasteiger partial charge < -0.3 is 20.8 Å². The Morgan fingerprint density at radius 2 is 1.86 bits per heavy atom. The van der Waals surface area contributed by atoms with Crippen molar-refractivity contribution in [2.45, 2.75) is 122 Å². The molecule has 5 unspecified atom stereocenters. The summed E-state index contributed by atoms with van der Waals surface area (Å²) in [7, 11) is 0. The molecular formula is C28H45N3O4S. The Labute approximate surface area is 219 Å². The third kappa shape index (κ3) is 5.51. The van der Waals surface area contributed by atoms with Crippen LogP contribution in [0.4, 0.5) is 5.13 Å². The summed E-state index contributed by atoms with van der Waals surface area (Å²) in [4.78, 5) is 31.8. The zero-order chi connectivity index (χ0) is 25.9. The van der Waals surface area contributed by atoms with Crippen LogP contribution in [-0.2, 0) is 16.0 Å². The first-order valence-electron chi connectivity index (χ1n) is 14.1. The van der Waals surface area contributed by atoms with Gasteiger partial charge in [0.05, 0.1) is 18.4 Å². The van der Waals surface area contributed by atoms with E-state index in [1.807, 2.05) is 6.92 Å². The average Bonchev–Trinajstić information content (AvgIpc) is 3.25. The van der Waals surface area contributed by atoms with Crippen LogP contribution in [0.3, 0.4) is 0 Å². The number of anilines is 1. The van der Waals surface area contributed by atoms with Gasteiger partial charge in [-0.25, -0.2) is 4.98 Å². The highest BCUT2D eigenvalue weighted by molar-refractivity contribution is 7.15. The number of amides is 2. The van der Waals surface area contributed by atoms with Crippen LogP contribution in [0.1, 0.15) is 114 Å². The number of rotatable bonds is 9. The van der Waals surface area contributed by atoms with Gasteiger partial charge in [0.25, 0.3) is 0 Å². The van der Waals surface area contributed by atoms with Crippen molar-refractivity contribution in [3.63, 3.8) is 0 Å². The van der Waals surface area contributed by atoms with Crippen LogP contribution >= 0.6 is 11.3 Å². The average molecular weight is 520 g/mol. The quantitative estimate of drug-likeness (QED) is 0.346. The van der Waals surface area contributed by atoms with E-state index in [1.54, 1.807) is 0 Å². The molecule has 202 valence electrons. The van der Waals surface area contributed by atoms with Crippen molar-refractivity contribution in [2.75, 3.05) is 11.9 Å². The molecule has 0 aromatic carbocycles. The van der Waals surface area contributed by atoms with E-state index < -0.39 is 11.5 Å². The second-order valence-electron chi connectivity index (χ2n) is 12.0. The summed E-state index contributed by atoms with van der Waals surface area (Å²) in [6.45, 7) is 6.24. The molecule has 5 atom stereocenters. The lowest BCUT2D eigenvalue weighted by Gasteiger charge is -2.58. The molecule has 2 fully saturated rings. The van der Waals surface area contributed by atoms with Crippen LogP contribution in [0.15, 0.2) is 0 Å². The second-order valence-corrected chi connectivity index (χ2v) is 13.1. The maximum Gasteiger partial charge on any atom is 0.226 e. The number of unbranched alkanes of at least 4 members (excludes halogenated alkanes) is 2. The Morgan fingerprint density at radius 3 is 2.56 bits per heavy atom. The Kier molecular flexibility index (Phi) is 8.78. The summed E-state index contributed by atoms with van der Waals surface area (Å²) in [5.74, 6) is -0.0439. The maximum atomic E-state index is 13.3. The van der Waals surface area contributed by atoms with Gasteiger partial charge in [0.1, 0.15) is 0 Å². The molecule has 3 aliphatic carbocycles. The standard InChI is InChI=1S/C28H45N3O4S/c1-4-5-7-12-23(34)30-26-31-25-19(15-24(35)29-18-10-8-6-9-11-18)27(2)14-13-22(33)28(3,17-32)21(27)16-20(25)36-26/h18-19,21-22,32-33H,4-17H2,1-3H3,(H,29,35)(H,30,31,34). The van der Waals surface area contributed by atoms with Crippen LogP contribution in [-0.4, -0.2) is 45.8 Å². The topological polar surface area (TPSA) is 112 Å². The normalized spacial score (nSPS) is 32.4. The molecule has 4 rings (SSSR count).